The highest BCUT2D eigenvalue weighted by atomic mass is 32.2. The van der Waals surface area contributed by atoms with Crippen molar-refractivity contribution < 1.29 is 9.53 Å². The van der Waals surface area contributed by atoms with Crippen LogP contribution in [0.4, 0.5) is 0 Å². The summed E-state index contributed by atoms with van der Waals surface area (Å²) in [5, 5.41) is 1.94. The zero-order valence-corrected chi connectivity index (χ0v) is 10.1. The first kappa shape index (κ1) is 11.2. The zero-order valence-electron chi connectivity index (χ0n) is 8.48. The van der Waals surface area contributed by atoms with Gasteiger partial charge in [-0.15, -0.1) is 11.3 Å². The molecule has 0 N–H and O–H groups in total. The van der Waals surface area contributed by atoms with E-state index in [1.54, 1.807) is 11.8 Å². The molecule has 1 fully saturated rings. The first-order valence-corrected chi connectivity index (χ1v) is 7.16. The maximum Gasteiger partial charge on any atom is 0.182 e. The Labute approximate surface area is 98.0 Å². The molecule has 0 bridgehead atoms. The monoisotopic (exact) mass is 242 g/mol. The van der Waals surface area contributed by atoms with Crippen LogP contribution in [0.25, 0.3) is 0 Å². The molecule has 15 heavy (non-hydrogen) atoms. The Morgan fingerprint density at radius 1 is 1.67 bits per heavy atom. The van der Waals surface area contributed by atoms with E-state index >= 15 is 0 Å². The highest BCUT2D eigenvalue weighted by Gasteiger charge is 2.16. The van der Waals surface area contributed by atoms with E-state index < -0.39 is 0 Å². The molecule has 0 amide bonds. The summed E-state index contributed by atoms with van der Waals surface area (Å²) in [5.74, 6) is 1.78. The van der Waals surface area contributed by atoms with Gasteiger partial charge in [-0.25, -0.2) is 0 Å². The molecule has 2 heterocycles. The third kappa shape index (κ3) is 3.33. The lowest BCUT2D eigenvalue weighted by Gasteiger charge is -2.07. The highest BCUT2D eigenvalue weighted by Crippen LogP contribution is 2.18. The second-order valence-corrected chi connectivity index (χ2v) is 5.53. The fourth-order valence-corrected chi connectivity index (χ4v) is 3.31. The van der Waals surface area contributed by atoms with Crippen LogP contribution in [0.5, 0.6) is 0 Å². The van der Waals surface area contributed by atoms with Gasteiger partial charge in [-0.2, -0.15) is 11.8 Å². The van der Waals surface area contributed by atoms with Gasteiger partial charge in [0, 0.05) is 12.4 Å². The van der Waals surface area contributed by atoms with Crippen LogP contribution in [0, 0.1) is 0 Å². The standard InChI is InChI=1S/C11H14O2S2/c12-10(11-4-2-6-15-11)8-14-7-9-3-1-5-13-9/h2,4,6,9H,1,3,5,7-8H2. The highest BCUT2D eigenvalue weighted by molar-refractivity contribution is 8.00. The second kappa shape index (κ2) is 5.68. The number of thiophene rings is 1. The van der Waals surface area contributed by atoms with Gasteiger partial charge in [0.05, 0.1) is 16.7 Å². The Morgan fingerprint density at radius 3 is 3.27 bits per heavy atom. The molecular formula is C11H14O2S2. The molecule has 2 nitrogen and oxygen atoms in total. The van der Waals surface area contributed by atoms with E-state index in [1.807, 2.05) is 17.5 Å². The molecule has 1 aromatic rings. The van der Waals surface area contributed by atoms with Gasteiger partial charge >= 0.3 is 0 Å². The van der Waals surface area contributed by atoms with E-state index in [-0.39, 0.29) is 5.78 Å². The molecule has 0 aromatic carbocycles. The molecule has 1 unspecified atom stereocenters. The molecule has 1 aliphatic rings. The predicted octanol–water partition coefficient (Wildman–Crippen LogP) is 2.84. The van der Waals surface area contributed by atoms with E-state index in [0.717, 1.165) is 23.7 Å². The minimum absolute atomic E-state index is 0.244. The predicted molar refractivity (Wildman–Crippen MR) is 64.9 cm³/mol. The van der Waals surface area contributed by atoms with Gasteiger partial charge in [0.25, 0.3) is 0 Å². The van der Waals surface area contributed by atoms with Crippen LogP contribution in [0.15, 0.2) is 17.5 Å². The van der Waals surface area contributed by atoms with Crippen molar-refractivity contribution in [1.82, 2.24) is 0 Å². The summed E-state index contributed by atoms with van der Waals surface area (Å²) in [6.45, 7) is 0.893. The maximum absolute atomic E-state index is 11.6. The van der Waals surface area contributed by atoms with Gasteiger partial charge in [0.2, 0.25) is 0 Å². The number of ether oxygens (including phenoxy) is 1. The number of rotatable bonds is 5. The third-order valence-electron chi connectivity index (χ3n) is 2.36. The maximum atomic E-state index is 11.6. The normalized spacial score (nSPS) is 20.7. The molecule has 1 saturated heterocycles. The van der Waals surface area contributed by atoms with Crippen LogP contribution in [-0.2, 0) is 4.74 Å². The fraction of sp³-hybridized carbons (Fsp3) is 0.545. The molecule has 1 aromatic heterocycles. The van der Waals surface area contributed by atoms with Gasteiger partial charge < -0.3 is 4.74 Å². The Hall–Kier alpha value is -0.320. The lowest BCUT2D eigenvalue weighted by molar-refractivity contribution is 0.102. The third-order valence-corrected chi connectivity index (χ3v) is 4.34. The van der Waals surface area contributed by atoms with Crippen molar-refractivity contribution in [2.24, 2.45) is 0 Å². The van der Waals surface area contributed by atoms with Crippen molar-refractivity contribution in [1.29, 1.82) is 0 Å². The van der Waals surface area contributed by atoms with E-state index in [2.05, 4.69) is 0 Å². The lowest BCUT2D eigenvalue weighted by atomic mass is 10.3. The number of thioether (sulfide) groups is 1. The van der Waals surface area contributed by atoms with Crippen LogP contribution in [0.1, 0.15) is 22.5 Å². The van der Waals surface area contributed by atoms with Crippen LogP contribution in [0.3, 0.4) is 0 Å². The molecule has 1 atom stereocenters. The average Bonchev–Trinajstić information content (AvgIpc) is 2.90. The SMILES string of the molecule is O=C(CSCC1CCCO1)c1cccs1. The smallest absolute Gasteiger partial charge is 0.182 e. The lowest BCUT2D eigenvalue weighted by Crippen LogP contribution is -2.10. The average molecular weight is 242 g/mol. The molecule has 0 saturated carbocycles. The molecule has 2 rings (SSSR count). The molecule has 0 spiro atoms. The van der Waals surface area contributed by atoms with Gasteiger partial charge in [0.1, 0.15) is 0 Å². The summed E-state index contributed by atoms with van der Waals surface area (Å²) in [7, 11) is 0. The van der Waals surface area contributed by atoms with E-state index in [0.29, 0.717) is 11.9 Å². The number of ketones is 1. The number of hydrogen-bond donors (Lipinski definition) is 0. The summed E-state index contributed by atoms with van der Waals surface area (Å²) in [6.07, 6.45) is 2.70. The minimum Gasteiger partial charge on any atom is -0.377 e. The number of carbonyl (C=O) groups excluding carboxylic acids is 1. The minimum atomic E-state index is 0.244. The summed E-state index contributed by atoms with van der Waals surface area (Å²) in [6, 6.07) is 3.81. The number of Topliss-reactive ketones (excluding diaryl/α,β-unsaturated/α-hetero) is 1. The van der Waals surface area contributed by atoms with Gasteiger partial charge in [0.15, 0.2) is 5.78 Å². The summed E-state index contributed by atoms with van der Waals surface area (Å²) < 4.78 is 5.50. The first-order valence-electron chi connectivity index (χ1n) is 5.12. The van der Waals surface area contributed by atoms with Crippen molar-refractivity contribution >= 4 is 28.9 Å². The van der Waals surface area contributed by atoms with E-state index in [1.165, 1.54) is 17.8 Å². The van der Waals surface area contributed by atoms with E-state index in [9.17, 15) is 4.79 Å². The second-order valence-electron chi connectivity index (χ2n) is 3.55. The van der Waals surface area contributed by atoms with Crippen LogP contribution < -0.4 is 0 Å². The van der Waals surface area contributed by atoms with Gasteiger partial charge in [-0.1, -0.05) is 6.07 Å². The quantitative estimate of drug-likeness (QED) is 0.743. The molecule has 0 aliphatic carbocycles. The molecule has 0 radical (unpaired) electrons. The Balaban J connectivity index is 1.67. The fourth-order valence-electron chi connectivity index (χ4n) is 1.57. The van der Waals surface area contributed by atoms with Crippen LogP contribution >= 0.6 is 23.1 Å². The number of hydrogen-bond acceptors (Lipinski definition) is 4. The van der Waals surface area contributed by atoms with E-state index in [4.69, 9.17) is 4.74 Å². The zero-order chi connectivity index (χ0) is 10.5. The van der Waals surface area contributed by atoms with Crippen LogP contribution in [0.2, 0.25) is 0 Å². The molecule has 82 valence electrons. The largest absolute Gasteiger partial charge is 0.377 e. The van der Waals surface area contributed by atoms with Crippen molar-refractivity contribution in [3.63, 3.8) is 0 Å². The van der Waals surface area contributed by atoms with Crippen LogP contribution in [-0.4, -0.2) is 30.0 Å². The number of carbonyl (C=O) groups is 1. The summed E-state index contributed by atoms with van der Waals surface area (Å²) in [4.78, 5) is 12.5. The van der Waals surface area contributed by atoms with Crippen molar-refractivity contribution in [2.45, 2.75) is 18.9 Å². The molecule has 1 aliphatic heterocycles. The molecular weight excluding hydrogens is 228 g/mol. The van der Waals surface area contributed by atoms with Crippen molar-refractivity contribution in [3.05, 3.63) is 22.4 Å². The van der Waals surface area contributed by atoms with Gasteiger partial charge in [-0.05, 0) is 24.3 Å². The van der Waals surface area contributed by atoms with Crippen molar-refractivity contribution in [3.8, 4) is 0 Å². The molecule has 4 heteroatoms. The van der Waals surface area contributed by atoms with Crippen molar-refractivity contribution in [2.75, 3.05) is 18.1 Å². The summed E-state index contributed by atoms with van der Waals surface area (Å²) in [5.41, 5.74) is 0. The van der Waals surface area contributed by atoms with Gasteiger partial charge in [-0.3, -0.25) is 4.79 Å². The first-order chi connectivity index (χ1) is 7.36. The Morgan fingerprint density at radius 2 is 2.60 bits per heavy atom. The Kier molecular flexibility index (Phi) is 4.23. The topological polar surface area (TPSA) is 26.3 Å². The summed E-state index contributed by atoms with van der Waals surface area (Å²) >= 11 is 3.21. The Bertz CT molecular complexity index is 302.